The molecule has 5 heteroatoms. The lowest BCUT2D eigenvalue weighted by molar-refractivity contribution is 0.0409. The van der Waals surface area contributed by atoms with Crippen LogP contribution in [-0.4, -0.2) is 57.0 Å². The summed E-state index contributed by atoms with van der Waals surface area (Å²) in [5, 5.41) is 3.17. The van der Waals surface area contributed by atoms with Crippen molar-refractivity contribution in [1.29, 1.82) is 0 Å². The van der Waals surface area contributed by atoms with Crippen LogP contribution in [0.5, 0.6) is 0 Å². The van der Waals surface area contributed by atoms with Crippen molar-refractivity contribution in [2.45, 2.75) is 50.7 Å². The lowest BCUT2D eigenvalue weighted by atomic mass is 9.92. The van der Waals surface area contributed by atoms with Gasteiger partial charge in [0.25, 0.3) is 0 Å². The lowest BCUT2D eigenvalue weighted by Gasteiger charge is -2.36. The standard InChI is InChI=1S/C15H28N2O3/c1-19-11-12-6-5-9-17(10-12)15(18)16-13-7-3-4-8-14(13)20-2/h12-14H,3-11H2,1-2H3,(H,16,18)/t12-,13-,14+/m1/s1. The van der Waals surface area contributed by atoms with Crippen LogP contribution in [0.15, 0.2) is 0 Å². The summed E-state index contributed by atoms with van der Waals surface area (Å²) in [4.78, 5) is 14.3. The predicted molar refractivity (Wildman–Crippen MR) is 77.8 cm³/mol. The summed E-state index contributed by atoms with van der Waals surface area (Å²) in [5.41, 5.74) is 0. The molecule has 0 aromatic rings. The van der Waals surface area contributed by atoms with E-state index in [1.54, 1.807) is 14.2 Å². The predicted octanol–water partition coefficient (Wildman–Crippen LogP) is 2.01. The van der Waals surface area contributed by atoms with Gasteiger partial charge in [0, 0.05) is 33.2 Å². The normalized spacial score (nSPS) is 31.1. The average molecular weight is 284 g/mol. The minimum Gasteiger partial charge on any atom is -0.384 e. The Morgan fingerprint density at radius 1 is 1.20 bits per heavy atom. The number of carbonyl (C=O) groups excluding carboxylic acids is 1. The second-order valence-corrected chi connectivity index (χ2v) is 6.02. The smallest absolute Gasteiger partial charge is 0.317 e. The molecule has 2 fully saturated rings. The summed E-state index contributed by atoms with van der Waals surface area (Å²) in [7, 11) is 3.47. The van der Waals surface area contributed by atoms with Gasteiger partial charge < -0.3 is 19.7 Å². The van der Waals surface area contributed by atoms with Gasteiger partial charge in [0.05, 0.1) is 18.8 Å². The van der Waals surface area contributed by atoms with E-state index in [2.05, 4.69) is 5.32 Å². The molecule has 116 valence electrons. The Bertz CT molecular complexity index is 309. The summed E-state index contributed by atoms with van der Waals surface area (Å²) in [5.74, 6) is 0.476. The second kappa shape index (κ2) is 7.84. The first-order valence-corrected chi connectivity index (χ1v) is 7.81. The second-order valence-electron chi connectivity index (χ2n) is 6.02. The zero-order valence-electron chi connectivity index (χ0n) is 12.8. The third-order valence-electron chi connectivity index (χ3n) is 4.52. The number of urea groups is 1. The van der Waals surface area contributed by atoms with Crippen LogP contribution in [-0.2, 0) is 9.47 Å². The van der Waals surface area contributed by atoms with E-state index in [1.165, 1.54) is 12.8 Å². The van der Waals surface area contributed by atoms with Crippen molar-refractivity contribution >= 4 is 6.03 Å². The molecule has 3 atom stereocenters. The molecule has 2 amide bonds. The summed E-state index contributed by atoms with van der Waals surface area (Å²) in [6.45, 7) is 2.41. The Hall–Kier alpha value is -0.810. The summed E-state index contributed by atoms with van der Waals surface area (Å²) < 4.78 is 10.7. The quantitative estimate of drug-likeness (QED) is 0.859. The number of ether oxygens (including phenoxy) is 2. The molecule has 1 saturated heterocycles. The van der Waals surface area contributed by atoms with E-state index in [4.69, 9.17) is 9.47 Å². The van der Waals surface area contributed by atoms with Gasteiger partial charge in [-0.05, 0) is 25.7 Å². The van der Waals surface area contributed by atoms with Crippen molar-refractivity contribution in [2.75, 3.05) is 33.9 Å². The molecule has 1 heterocycles. The Labute approximate surface area is 122 Å². The molecule has 1 N–H and O–H groups in total. The molecule has 2 aliphatic rings. The highest BCUT2D eigenvalue weighted by atomic mass is 16.5. The van der Waals surface area contributed by atoms with Crippen molar-refractivity contribution < 1.29 is 14.3 Å². The van der Waals surface area contributed by atoms with Gasteiger partial charge in [0.2, 0.25) is 0 Å². The van der Waals surface area contributed by atoms with E-state index in [-0.39, 0.29) is 18.2 Å². The first-order chi connectivity index (χ1) is 9.74. The Balaban J connectivity index is 1.83. The Kier molecular flexibility index (Phi) is 6.10. The number of likely N-dealkylation sites (tertiary alicyclic amines) is 1. The SMILES string of the molecule is COC[C@@H]1CCCN(C(=O)N[C@@H]2CCCC[C@@H]2OC)C1. The van der Waals surface area contributed by atoms with Crippen LogP contribution in [0, 0.1) is 5.92 Å². The largest absolute Gasteiger partial charge is 0.384 e. The van der Waals surface area contributed by atoms with E-state index in [1.807, 2.05) is 4.90 Å². The first-order valence-electron chi connectivity index (χ1n) is 7.81. The van der Waals surface area contributed by atoms with Crippen LogP contribution >= 0.6 is 0 Å². The molecule has 0 unspecified atom stereocenters. The highest BCUT2D eigenvalue weighted by molar-refractivity contribution is 5.74. The van der Waals surface area contributed by atoms with Gasteiger partial charge in [-0.15, -0.1) is 0 Å². The Morgan fingerprint density at radius 3 is 2.75 bits per heavy atom. The number of hydrogen-bond donors (Lipinski definition) is 1. The van der Waals surface area contributed by atoms with E-state index >= 15 is 0 Å². The maximum absolute atomic E-state index is 12.4. The van der Waals surface area contributed by atoms with Crippen molar-refractivity contribution in [3.05, 3.63) is 0 Å². The molecule has 0 aromatic heterocycles. The summed E-state index contributed by atoms with van der Waals surface area (Å²) in [6, 6.07) is 0.240. The fourth-order valence-corrected chi connectivity index (χ4v) is 3.42. The molecule has 0 spiro atoms. The first kappa shape index (κ1) is 15.6. The molecule has 5 nitrogen and oxygen atoms in total. The molecule has 2 rings (SSSR count). The van der Waals surface area contributed by atoms with Gasteiger partial charge in [-0.3, -0.25) is 0 Å². The fraction of sp³-hybridized carbons (Fsp3) is 0.933. The van der Waals surface area contributed by atoms with E-state index < -0.39 is 0 Å². The number of amides is 2. The molecule has 1 aliphatic heterocycles. The van der Waals surface area contributed by atoms with Crippen molar-refractivity contribution in [2.24, 2.45) is 5.92 Å². The molecular weight excluding hydrogens is 256 g/mol. The zero-order chi connectivity index (χ0) is 14.4. The molecule has 20 heavy (non-hydrogen) atoms. The average Bonchev–Trinajstić information content (AvgIpc) is 2.48. The minimum atomic E-state index is 0.0692. The molecular formula is C15H28N2O3. The molecule has 0 bridgehead atoms. The maximum Gasteiger partial charge on any atom is 0.317 e. The van der Waals surface area contributed by atoms with Crippen LogP contribution < -0.4 is 5.32 Å². The van der Waals surface area contributed by atoms with Gasteiger partial charge >= 0.3 is 6.03 Å². The van der Waals surface area contributed by atoms with Crippen LogP contribution in [0.4, 0.5) is 4.79 Å². The Morgan fingerprint density at radius 2 is 2.00 bits per heavy atom. The summed E-state index contributed by atoms with van der Waals surface area (Å²) in [6.07, 6.45) is 6.85. The minimum absolute atomic E-state index is 0.0692. The third kappa shape index (κ3) is 4.09. The lowest BCUT2D eigenvalue weighted by Crippen LogP contribution is -2.53. The van der Waals surface area contributed by atoms with Gasteiger partial charge in [-0.25, -0.2) is 4.79 Å². The highest BCUT2D eigenvalue weighted by Gasteiger charge is 2.29. The van der Waals surface area contributed by atoms with Crippen LogP contribution in [0.2, 0.25) is 0 Å². The number of hydrogen-bond acceptors (Lipinski definition) is 3. The number of rotatable bonds is 4. The van der Waals surface area contributed by atoms with Crippen molar-refractivity contribution in [3.8, 4) is 0 Å². The number of nitrogens with one attached hydrogen (secondary N) is 1. The van der Waals surface area contributed by atoms with Crippen LogP contribution in [0.25, 0.3) is 0 Å². The molecule has 0 aromatic carbocycles. The highest BCUT2D eigenvalue weighted by Crippen LogP contribution is 2.22. The molecule has 0 radical (unpaired) electrons. The van der Waals surface area contributed by atoms with Crippen molar-refractivity contribution in [3.63, 3.8) is 0 Å². The zero-order valence-corrected chi connectivity index (χ0v) is 12.8. The van der Waals surface area contributed by atoms with E-state index in [0.717, 1.165) is 45.4 Å². The fourth-order valence-electron chi connectivity index (χ4n) is 3.42. The number of nitrogens with zero attached hydrogens (tertiary/aromatic N) is 1. The molecule has 1 aliphatic carbocycles. The summed E-state index contributed by atoms with van der Waals surface area (Å²) >= 11 is 0. The van der Waals surface area contributed by atoms with Crippen LogP contribution in [0.1, 0.15) is 38.5 Å². The van der Waals surface area contributed by atoms with Gasteiger partial charge in [0.1, 0.15) is 0 Å². The van der Waals surface area contributed by atoms with E-state index in [0.29, 0.717) is 5.92 Å². The van der Waals surface area contributed by atoms with Gasteiger partial charge in [-0.1, -0.05) is 12.8 Å². The van der Waals surface area contributed by atoms with Crippen molar-refractivity contribution in [1.82, 2.24) is 10.2 Å². The monoisotopic (exact) mass is 284 g/mol. The van der Waals surface area contributed by atoms with Gasteiger partial charge in [0.15, 0.2) is 0 Å². The molecule has 1 saturated carbocycles. The number of piperidine rings is 1. The third-order valence-corrected chi connectivity index (χ3v) is 4.52. The maximum atomic E-state index is 12.4. The number of methoxy groups -OCH3 is 2. The van der Waals surface area contributed by atoms with Gasteiger partial charge in [-0.2, -0.15) is 0 Å². The number of carbonyl (C=O) groups is 1. The van der Waals surface area contributed by atoms with Crippen LogP contribution in [0.3, 0.4) is 0 Å². The topological polar surface area (TPSA) is 50.8 Å². The van der Waals surface area contributed by atoms with E-state index in [9.17, 15) is 4.79 Å².